The van der Waals surface area contributed by atoms with E-state index < -0.39 is 0 Å². The van der Waals surface area contributed by atoms with Crippen LogP contribution in [0.5, 0.6) is 5.75 Å². The fourth-order valence-corrected chi connectivity index (χ4v) is 5.25. The lowest BCUT2D eigenvalue weighted by Crippen LogP contribution is -2.56. The monoisotopic (exact) mass is 451 g/mol. The summed E-state index contributed by atoms with van der Waals surface area (Å²) in [6, 6.07) is 7.40. The minimum Gasteiger partial charge on any atom is -0.497 e. The molecule has 2 aromatic rings. The van der Waals surface area contributed by atoms with Gasteiger partial charge in [-0.3, -0.25) is 19.4 Å². The molecule has 2 saturated heterocycles. The topological polar surface area (TPSA) is 88.0 Å². The van der Waals surface area contributed by atoms with Gasteiger partial charge in [-0.15, -0.1) is 0 Å². The normalized spacial score (nSPS) is 20.2. The highest BCUT2D eigenvalue weighted by Gasteiger charge is 2.38. The molecule has 0 bridgehead atoms. The van der Waals surface area contributed by atoms with Crippen molar-refractivity contribution in [3.63, 3.8) is 0 Å². The molecule has 3 aliphatic heterocycles. The Kier molecular flexibility index (Phi) is 5.88. The third-order valence-electron chi connectivity index (χ3n) is 7.03. The van der Waals surface area contributed by atoms with Gasteiger partial charge in [-0.2, -0.15) is 5.10 Å². The smallest absolute Gasteiger partial charge is 0.273 e. The quantitative estimate of drug-likeness (QED) is 0.647. The standard InChI is InChI=1S/C24H29N5O4/c1-33-19-7-5-18(6-8-19)29-23-20(21(16-30)25-29)11-15-27(24(23)32)17-9-13-26(14-10-17)28-12-3-2-4-22(28)31/h5-8,16-17H,2-4,9-15H2,1H3. The summed E-state index contributed by atoms with van der Waals surface area (Å²) in [5.74, 6) is 0.839. The van der Waals surface area contributed by atoms with Gasteiger partial charge in [-0.25, -0.2) is 9.69 Å². The minimum atomic E-state index is -0.0832. The third-order valence-corrected chi connectivity index (χ3v) is 7.03. The molecule has 0 saturated carbocycles. The summed E-state index contributed by atoms with van der Waals surface area (Å²) in [4.78, 5) is 39.5. The molecular weight excluding hydrogens is 422 g/mol. The second kappa shape index (κ2) is 8.97. The van der Waals surface area contributed by atoms with E-state index in [1.54, 1.807) is 11.8 Å². The Labute approximate surface area is 192 Å². The number of nitrogens with zero attached hydrogens (tertiary/aromatic N) is 5. The number of carbonyl (C=O) groups is 3. The average molecular weight is 452 g/mol. The first kappa shape index (κ1) is 21.6. The predicted molar refractivity (Wildman–Crippen MR) is 120 cm³/mol. The molecule has 0 N–H and O–H groups in total. The first-order valence-electron chi connectivity index (χ1n) is 11.7. The number of ether oxygens (including phenoxy) is 1. The van der Waals surface area contributed by atoms with Crippen molar-refractivity contribution in [1.82, 2.24) is 24.7 Å². The Balaban J connectivity index is 1.36. The van der Waals surface area contributed by atoms with E-state index in [9.17, 15) is 14.4 Å². The number of methoxy groups -OCH3 is 1. The fraction of sp³-hybridized carbons (Fsp3) is 0.500. The summed E-state index contributed by atoms with van der Waals surface area (Å²) in [7, 11) is 1.60. The van der Waals surface area contributed by atoms with E-state index in [2.05, 4.69) is 10.1 Å². The minimum absolute atomic E-state index is 0.0832. The van der Waals surface area contributed by atoms with Gasteiger partial charge in [0.2, 0.25) is 5.91 Å². The second-order valence-corrected chi connectivity index (χ2v) is 8.85. The van der Waals surface area contributed by atoms with Gasteiger partial charge in [0.15, 0.2) is 6.29 Å². The van der Waals surface area contributed by atoms with Crippen molar-refractivity contribution in [1.29, 1.82) is 0 Å². The van der Waals surface area contributed by atoms with Crippen LogP contribution >= 0.6 is 0 Å². The second-order valence-electron chi connectivity index (χ2n) is 8.85. The molecule has 3 aliphatic rings. The van der Waals surface area contributed by atoms with Crippen LogP contribution in [0.3, 0.4) is 0 Å². The van der Waals surface area contributed by atoms with Gasteiger partial charge in [-0.05, 0) is 56.4 Å². The fourth-order valence-electron chi connectivity index (χ4n) is 5.25. The van der Waals surface area contributed by atoms with Crippen molar-refractivity contribution >= 4 is 18.1 Å². The summed E-state index contributed by atoms with van der Waals surface area (Å²) in [5.41, 5.74) is 2.24. The van der Waals surface area contributed by atoms with E-state index in [4.69, 9.17) is 4.74 Å². The molecule has 2 fully saturated rings. The average Bonchev–Trinajstić information content (AvgIpc) is 3.24. The van der Waals surface area contributed by atoms with Gasteiger partial charge in [-0.1, -0.05) is 0 Å². The number of piperidine rings is 2. The number of benzene rings is 1. The van der Waals surface area contributed by atoms with E-state index in [1.165, 1.54) is 0 Å². The first-order chi connectivity index (χ1) is 16.1. The third kappa shape index (κ3) is 3.90. The van der Waals surface area contributed by atoms with Crippen LogP contribution in [0.2, 0.25) is 0 Å². The molecule has 174 valence electrons. The largest absolute Gasteiger partial charge is 0.497 e. The highest BCUT2D eigenvalue weighted by atomic mass is 16.5. The van der Waals surface area contributed by atoms with Crippen LogP contribution in [-0.4, -0.2) is 82.1 Å². The van der Waals surface area contributed by atoms with Crippen molar-refractivity contribution < 1.29 is 19.1 Å². The molecular formula is C24H29N5O4. The number of aldehydes is 1. The number of aromatic nitrogens is 2. The van der Waals surface area contributed by atoms with Gasteiger partial charge in [0.25, 0.3) is 5.91 Å². The Bertz CT molecular complexity index is 1060. The molecule has 9 nitrogen and oxygen atoms in total. The Morgan fingerprint density at radius 2 is 1.76 bits per heavy atom. The zero-order chi connectivity index (χ0) is 22.9. The highest BCUT2D eigenvalue weighted by molar-refractivity contribution is 5.98. The number of amides is 2. The van der Waals surface area contributed by atoms with Crippen molar-refractivity contribution in [2.45, 2.75) is 44.6 Å². The molecule has 0 radical (unpaired) electrons. The van der Waals surface area contributed by atoms with Gasteiger partial charge >= 0.3 is 0 Å². The van der Waals surface area contributed by atoms with Crippen LogP contribution < -0.4 is 4.74 Å². The van der Waals surface area contributed by atoms with E-state index >= 15 is 0 Å². The summed E-state index contributed by atoms with van der Waals surface area (Å²) in [6.07, 6.45) is 5.63. The number of rotatable bonds is 5. The lowest BCUT2D eigenvalue weighted by Gasteiger charge is -2.44. The van der Waals surface area contributed by atoms with Gasteiger partial charge in [0.05, 0.1) is 12.8 Å². The van der Waals surface area contributed by atoms with E-state index in [0.717, 1.165) is 57.2 Å². The molecule has 0 atom stereocenters. The van der Waals surface area contributed by atoms with Gasteiger partial charge in [0.1, 0.15) is 17.1 Å². The maximum atomic E-state index is 13.6. The number of hydrazine groups is 1. The maximum Gasteiger partial charge on any atom is 0.273 e. The van der Waals surface area contributed by atoms with Crippen LogP contribution in [0.4, 0.5) is 0 Å². The Hall–Kier alpha value is -3.20. The van der Waals surface area contributed by atoms with Crippen LogP contribution in [0.1, 0.15) is 58.6 Å². The summed E-state index contributed by atoms with van der Waals surface area (Å²) in [6.45, 7) is 2.91. The number of hydrogen-bond donors (Lipinski definition) is 0. The molecule has 0 spiro atoms. The van der Waals surface area contributed by atoms with Crippen molar-refractivity contribution in [2.24, 2.45) is 0 Å². The van der Waals surface area contributed by atoms with Crippen LogP contribution in [-0.2, 0) is 11.2 Å². The zero-order valence-electron chi connectivity index (χ0n) is 18.9. The summed E-state index contributed by atoms with van der Waals surface area (Å²) >= 11 is 0. The lowest BCUT2D eigenvalue weighted by atomic mass is 9.97. The van der Waals surface area contributed by atoms with Crippen LogP contribution in [0.15, 0.2) is 24.3 Å². The molecule has 9 heteroatoms. The molecule has 33 heavy (non-hydrogen) atoms. The van der Waals surface area contributed by atoms with E-state index in [0.29, 0.717) is 42.2 Å². The van der Waals surface area contributed by atoms with Crippen LogP contribution in [0, 0.1) is 0 Å². The lowest BCUT2D eigenvalue weighted by molar-refractivity contribution is -0.155. The predicted octanol–water partition coefficient (Wildman–Crippen LogP) is 2.08. The number of fused-ring (bicyclic) bond motifs is 1. The maximum absolute atomic E-state index is 13.6. The van der Waals surface area contributed by atoms with Crippen molar-refractivity contribution in [3.8, 4) is 11.4 Å². The molecule has 1 aromatic heterocycles. The van der Waals surface area contributed by atoms with Gasteiger partial charge in [0, 0.05) is 44.2 Å². The molecule has 0 aliphatic carbocycles. The highest BCUT2D eigenvalue weighted by Crippen LogP contribution is 2.29. The van der Waals surface area contributed by atoms with E-state index in [1.807, 2.05) is 34.2 Å². The summed E-state index contributed by atoms with van der Waals surface area (Å²) in [5, 5.41) is 8.52. The van der Waals surface area contributed by atoms with E-state index in [-0.39, 0.29) is 17.9 Å². The molecule has 0 unspecified atom stereocenters. The van der Waals surface area contributed by atoms with Crippen molar-refractivity contribution in [2.75, 3.05) is 33.3 Å². The molecule has 1 aromatic carbocycles. The number of carbonyl (C=O) groups excluding carboxylic acids is 3. The van der Waals surface area contributed by atoms with Gasteiger partial charge < -0.3 is 9.64 Å². The zero-order valence-corrected chi connectivity index (χ0v) is 18.9. The molecule has 2 amide bonds. The first-order valence-corrected chi connectivity index (χ1v) is 11.7. The number of hydrogen-bond acceptors (Lipinski definition) is 6. The van der Waals surface area contributed by atoms with Crippen molar-refractivity contribution in [3.05, 3.63) is 41.2 Å². The Morgan fingerprint density at radius 1 is 1.00 bits per heavy atom. The summed E-state index contributed by atoms with van der Waals surface area (Å²) < 4.78 is 6.82. The molecule has 5 rings (SSSR count). The SMILES string of the molecule is COc1ccc(-n2nc(C=O)c3c2C(=O)N(C2CCN(N4CCCCC4=O)CC2)CC3)cc1. The Morgan fingerprint density at radius 3 is 2.42 bits per heavy atom. The molecule has 4 heterocycles. The van der Waals surface area contributed by atoms with Crippen LogP contribution in [0.25, 0.3) is 5.69 Å².